The Balaban J connectivity index is 1.41. The fraction of sp³-hybridized carbons (Fsp3) is 0.143. The van der Waals surface area contributed by atoms with Crippen molar-refractivity contribution in [1.29, 1.82) is 0 Å². The highest BCUT2D eigenvalue weighted by atomic mass is 32.2. The van der Waals surface area contributed by atoms with E-state index in [0.717, 1.165) is 17.3 Å². The van der Waals surface area contributed by atoms with Crippen molar-refractivity contribution in [2.45, 2.75) is 18.4 Å². The fourth-order valence-corrected chi connectivity index (χ4v) is 3.58. The molecule has 0 atom stereocenters. The van der Waals surface area contributed by atoms with E-state index in [-0.39, 0.29) is 11.7 Å². The van der Waals surface area contributed by atoms with Crippen LogP contribution in [0.15, 0.2) is 69.6 Å². The van der Waals surface area contributed by atoms with Crippen molar-refractivity contribution >= 4 is 11.8 Å². The highest BCUT2D eigenvalue weighted by Gasteiger charge is 2.14. The second kappa shape index (κ2) is 7.80. The highest BCUT2D eigenvalue weighted by molar-refractivity contribution is 7.97. The van der Waals surface area contributed by atoms with Gasteiger partial charge < -0.3 is 8.94 Å². The molecule has 0 unspecified atom stereocenters. The van der Waals surface area contributed by atoms with E-state index >= 15 is 0 Å². The molecule has 0 radical (unpaired) electrons. The summed E-state index contributed by atoms with van der Waals surface area (Å²) in [5.41, 5.74) is 3.12. The van der Waals surface area contributed by atoms with E-state index in [0.29, 0.717) is 17.1 Å². The van der Waals surface area contributed by atoms with E-state index in [1.165, 1.54) is 23.3 Å². The number of hydrogen-bond donors (Lipinski definition) is 0. The minimum atomic E-state index is -0.343. The maximum absolute atomic E-state index is 13.3. The second-order valence-corrected chi connectivity index (χ2v) is 7.17. The number of aryl methyl sites for hydroxylation is 1. The Morgan fingerprint density at radius 1 is 1.00 bits per heavy atom. The fourth-order valence-electron chi connectivity index (χ4n) is 2.71. The Hall–Kier alpha value is -2.86. The highest BCUT2D eigenvalue weighted by Crippen LogP contribution is 2.26. The van der Waals surface area contributed by atoms with Crippen LogP contribution in [0.25, 0.3) is 23.0 Å². The largest absolute Gasteiger partial charge is 0.455 e. The van der Waals surface area contributed by atoms with E-state index in [4.69, 9.17) is 8.94 Å². The SMILES string of the molecule is Cc1cccc(CSCc2ccc(-c3nc(-c4cccc(F)c4)no3)o2)c1. The van der Waals surface area contributed by atoms with E-state index in [9.17, 15) is 4.39 Å². The number of hydrogen-bond acceptors (Lipinski definition) is 5. The maximum atomic E-state index is 13.3. The molecule has 4 nitrogen and oxygen atoms in total. The van der Waals surface area contributed by atoms with Gasteiger partial charge in [0.1, 0.15) is 11.6 Å². The molecule has 6 heteroatoms. The zero-order valence-electron chi connectivity index (χ0n) is 14.7. The molecule has 4 rings (SSSR count). The van der Waals surface area contributed by atoms with E-state index < -0.39 is 0 Å². The predicted molar refractivity (Wildman–Crippen MR) is 104 cm³/mol. The van der Waals surface area contributed by atoms with E-state index in [2.05, 4.69) is 41.3 Å². The van der Waals surface area contributed by atoms with Gasteiger partial charge in [-0.2, -0.15) is 4.98 Å². The van der Waals surface area contributed by atoms with Crippen LogP contribution in [0, 0.1) is 12.7 Å². The number of furan rings is 1. The van der Waals surface area contributed by atoms with Gasteiger partial charge in [0.05, 0.1) is 5.75 Å². The molecule has 0 bridgehead atoms. The molecule has 0 saturated heterocycles. The third kappa shape index (κ3) is 4.28. The molecular formula is C21H17FN2O2S. The molecule has 0 aliphatic carbocycles. The molecule has 0 amide bonds. The summed E-state index contributed by atoms with van der Waals surface area (Å²) in [6.07, 6.45) is 0. The molecule has 0 aliphatic rings. The Kier molecular flexibility index (Phi) is 5.07. The molecule has 2 heterocycles. The van der Waals surface area contributed by atoms with Crippen molar-refractivity contribution in [3.05, 3.63) is 83.4 Å². The summed E-state index contributed by atoms with van der Waals surface area (Å²) < 4.78 is 24.4. The molecule has 2 aromatic heterocycles. The number of benzene rings is 2. The molecule has 27 heavy (non-hydrogen) atoms. The van der Waals surface area contributed by atoms with Crippen molar-refractivity contribution < 1.29 is 13.3 Å². The van der Waals surface area contributed by atoms with Gasteiger partial charge in [-0.3, -0.25) is 0 Å². The molecule has 0 aliphatic heterocycles. The molecule has 2 aromatic carbocycles. The van der Waals surface area contributed by atoms with Crippen LogP contribution in [0.5, 0.6) is 0 Å². The minimum absolute atomic E-state index is 0.282. The Bertz CT molecular complexity index is 1060. The monoisotopic (exact) mass is 380 g/mol. The van der Waals surface area contributed by atoms with Gasteiger partial charge in [-0.25, -0.2) is 4.39 Å². The van der Waals surface area contributed by atoms with Crippen LogP contribution in [-0.4, -0.2) is 10.1 Å². The topological polar surface area (TPSA) is 52.1 Å². The van der Waals surface area contributed by atoms with Gasteiger partial charge in [0.2, 0.25) is 5.82 Å². The minimum Gasteiger partial charge on any atom is -0.455 e. The number of halogens is 1. The van der Waals surface area contributed by atoms with E-state index in [1.54, 1.807) is 23.9 Å². The lowest BCUT2D eigenvalue weighted by Gasteiger charge is -2.01. The molecular weight excluding hydrogens is 363 g/mol. The molecule has 0 saturated carbocycles. The third-order valence-corrected chi connectivity index (χ3v) is 5.00. The second-order valence-electron chi connectivity index (χ2n) is 6.18. The van der Waals surface area contributed by atoms with Crippen LogP contribution in [0.3, 0.4) is 0 Å². The van der Waals surface area contributed by atoms with Crippen LogP contribution < -0.4 is 0 Å². The van der Waals surface area contributed by atoms with E-state index in [1.807, 2.05) is 12.1 Å². The van der Waals surface area contributed by atoms with Crippen molar-refractivity contribution in [2.24, 2.45) is 0 Å². The summed E-state index contributed by atoms with van der Waals surface area (Å²) in [5, 5.41) is 3.91. The zero-order valence-corrected chi connectivity index (χ0v) is 15.5. The Labute approximate surface area is 160 Å². The van der Waals surface area contributed by atoms with Gasteiger partial charge in [-0.05, 0) is 36.8 Å². The summed E-state index contributed by atoms with van der Waals surface area (Å²) in [5.74, 6) is 3.29. The first-order valence-electron chi connectivity index (χ1n) is 8.49. The summed E-state index contributed by atoms with van der Waals surface area (Å²) in [6.45, 7) is 2.09. The number of thioether (sulfide) groups is 1. The Morgan fingerprint density at radius 3 is 2.74 bits per heavy atom. The lowest BCUT2D eigenvalue weighted by Crippen LogP contribution is -1.83. The number of rotatable bonds is 6. The van der Waals surface area contributed by atoms with Crippen LogP contribution in [0.2, 0.25) is 0 Å². The van der Waals surface area contributed by atoms with Crippen molar-refractivity contribution in [3.63, 3.8) is 0 Å². The quantitative estimate of drug-likeness (QED) is 0.418. The van der Waals surface area contributed by atoms with Crippen molar-refractivity contribution in [1.82, 2.24) is 10.1 Å². The third-order valence-electron chi connectivity index (χ3n) is 3.98. The standard InChI is InChI=1S/C21H17FN2O2S/c1-14-4-2-5-15(10-14)12-27-13-18-8-9-19(25-18)21-23-20(24-26-21)16-6-3-7-17(22)11-16/h2-11H,12-13H2,1H3. The van der Waals surface area contributed by atoms with Crippen LogP contribution in [0.1, 0.15) is 16.9 Å². The van der Waals surface area contributed by atoms with Crippen LogP contribution in [-0.2, 0) is 11.5 Å². The van der Waals surface area contributed by atoms with Crippen molar-refractivity contribution in [2.75, 3.05) is 0 Å². The van der Waals surface area contributed by atoms with Gasteiger partial charge in [0, 0.05) is 11.3 Å². The average molecular weight is 380 g/mol. The first kappa shape index (κ1) is 17.5. The lowest BCUT2D eigenvalue weighted by molar-refractivity contribution is 0.413. The van der Waals surface area contributed by atoms with Gasteiger partial charge in [-0.15, -0.1) is 11.8 Å². The van der Waals surface area contributed by atoms with Crippen molar-refractivity contribution in [3.8, 4) is 23.0 Å². The normalized spacial score (nSPS) is 11.0. The van der Waals surface area contributed by atoms with Gasteiger partial charge in [-0.1, -0.05) is 47.1 Å². The average Bonchev–Trinajstić information content (AvgIpc) is 3.31. The molecule has 0 spiro atoms. The Morgan fingerprint density at radius 2 is 1.89 bits per heavy atom. The molecule has 136 valence electrons. The first-order chi connectivity index (χ1) is 13.2. The summed E-state index contributed by atoms with van der Waals surface area (Å²) >= 11 is 1.78. The van der Waals surface area contributed by atoms with Crippen LogP contribution >= 0.6 is 11.8 Å². The smallest absolute Gasteiger partial charge is 0.293 e. The number of aromatic nitrogens is 2. The lowest BCUT2D eigenvalue weighted by atomic mass is 10.2. The molecule has 4 aromatic rings. The predicted octanol–water partition coefficient (Wildman–Crippen LogP) is 5.88. The molecule has 0 fully saturated rings. The first-order valence-corrected chi connectivity index (χ1v) is 9.65. The summed E-state index contributed by atoms with van der Waals surface area (Å²) in [6, 6.07) is 18.3. The van der Waals surface area contributed by atoms with Gasteiger partial charge in [0.25, 0.3) is 5.89 Å². The summed E-state index contributed by atoms with van der Waals surface area (Å²) in [4.78, 5) is 4.30. The van der Waals surface area contributed by atoms with Gasteiger partial charge in [0.15, 0.2) is 5.76 Å². The van der Waals surface area contributed by atoms with Crippen LogP contribution in [0.4, 0.5) is 4.39 Å². The van der Waals surface area contributed by atoms with Gasteiger partial charge >= 0.3 is 0 Å². The zero-order chi connectivity index (χ0) is 18.6. The molecule has 0 N–H and O–H groups in total. The number of nitrogens with zero attached hydrogens (tertiary/aromatic N) is 2. The maximum Gasteiger partial charge on any atom is 0.293 e. The summed E-state index contributed by atoms with van der Waals surface area (Å²) in [7, 11) is 0.